The van der Waals surface area contributed by atoms with E-state index >= 15 is 0 Å². The monoisotopic (exact) mass is 305 g/mol. The van der Waals surface area contributed by atoms with Crippen LogP contribution >= 0.6 is 0 Å². The largest absolute Gasteiger partial charge is 0.480 e. The number of carbonyl (C=O) groups excluding carboxylic acids is 1. The normalized spacial score (nSPS) is 22.2. The van der Waals surface area contributed by atoms with Gasteiger partial charge in [-0.05, 0) is 31.7 Å². The molecule has 1 heterocycles. The molecule has 1 aliphatic heterocycles. The fourth-order valence-corrected chi connectivity index (χ4v) is 2.71. The first kappa shape index (κ1) is 16.5. The third-order valence-corrected chi connectivity index (χ3v) is 3.93. The molecule has 0 unspecified atom stereocenters. The molecule has 2 rings (SSSR count). The number of carboxylic acid groups (broad SMARTS) is 1. The van der Waals surface area contributed by atoms with Crippen molar-refractivity contribution in [3.8, 4) is 0 Å². The highest BCUT2D eigenvalue weighted by Gasteiger charge is 2.24. The molecule has 0 aromatic heterocycles. The summed E-state index contributed by atoms with van der Waals surface area (Å²) in [5, 5.41) is 11.9. The highest BCUT2D eigenvalue weighted by atomic mass is 16.5. The van der Waals surface area contributed by atoms with Crippen molar-refractivity contribution in [2.45, 2.75) is 57.3 Å². The SMILES string of the molecule is C[C@@H]1CC[C@H](CCC(=O)N[C@@H](Cc2ccccc2)C(=O)O)O1. The van der Waals surface area contributed by atoms with Crippen molar-refractivity contribution in [3.05, 3.63) is 35.9 Å². The van der Waals surface area contributed by atoms with Gasteiger partial charge in [0.2, 0.25) is 5.91 Å². The van der Waals surface area contributed by atoms with Gasteiger partial charge in [0, 0.05) is 12.8 Å². The topological polar surface area (TPSA) is 75.6 Å². The minimum absolute atomic E-state index is 0.123. The molecule has 0 spiro atoms. The van der Waals surface area contributed by atoms with E-state index in [1.165, 1.54) is 0 Å². The second-order valence-corrected chi connectivity index (χ2v) is 5.83. The third-order valence-electron chi connectivity index (χ3n) is 3.93. The van der Waals surface area contributed by atoms with Crippen molar-refractivity contribution in [2.75, 3.05) is 0 Å². The highest BCUT2D eigenvalue weighted by Crippen LogP contribution is 2.22. The predicted octanol–water partition coefficient (Wildman–Crippen LogP) is 2.15. The van der Waals surface area contributed by atoms with Crippen LogP contribution in [0.3, 0.4) is 0 Å². The molecule has 1 saturated heterocycles. The molecule has 0 aliphatic carbocycles. The van der Waals surface area contributed by atoms with Crippen LogP contribution in [0, 0.1) is 0 Å². The number of aliphatic carboxylic acids is 1. The third kappa shape index (κ3) is 5.15. The van der Waals surface area contributed by atoms with Crippen LogP contribution in [0.25, 0.3) is 0 Å². The van der Waals surface area contributed by atoms with E-state index in [4.69, 9.17) is 4.74 Å². The van der Waals surface area contributed by atoms with Crippen LogP contribution in [0.2, 0.25) is 0 Å². The van der Waals surface area contributed by atoms with E-state index in [9.17, 15) is 14.7 Å². The summed E-state index contributed by atoms with van der Waals surface area (Å²) in [7, 11) is 0. The molecule has 2 N–H and O–H groups in total. The van der Waals surface area contributed by atoms with E-state index in [-0.39, 0.29) is 18.1 Å². The van der Waals surface area contributed by atoms with Crippen molar-refractivity contribution in [3.63, 3.8) is 0 Å². The Hall–Kier alpha value is -1.88. The van der Waals surface area contributed by atoms with Crippen molar-refractivity contribution in [1.82, 2.24) is 5.32 Å². The molecule has 0 bridgehead atoms. The molecule has 1 aromatic carbocycles. The van der Waals surface area contributed by atoms with Crippen molar-refractivity contribution >= 4 is 11.9 Å². The summed E-state index contributed by atoms with van der Waals surface area (Å²) >= 11 is 0. The second-order valence-electron chi connectivity index (χ2n) is 5.83. The standard InChI is InChI=1S/C17H23NO4/c1-12-7-8-14(22-12)9-10-16(19)18-15(17(20)21)11-13-5-3-2-4-6-13/h2-6,12,14-15H,7-11H2,1H3,(H,18,19)(H,20,21)/t12-,14-,15+/m1/s1. The molecule has 5 heteroatoms. The number of carbonyl (C=O) groups is 2. The molecule has 0 saturated carbocycles. The Morgan fingerprint density at radius 2 is 2.05 bits per heavy atom. The number of rotatable bonds is 7. The first-order valence-corrected chi connectivity index (χ1v) is 7.76. The van der Waals surface area contributed by atoms with Gasteiger partial charge in [-0.25, -0.2) is 4.79 Å². The van der Waals surface area contributed by atoms with Gasteiger partial charge in [0.1, 0.15) is 6.04 Å². The second kappa shape index (κ2) is 7.94. The van der Waals surface area contributed by atoms with Gasteiger partial charge in [-0.2, -0.15) is 0 Å². The Bertz CT molecular complexity index is 503. The first-order valence-electron chi connectivity index (χ1n) is 7.76. The van der Waals surface area contributed by atoms with Gasteiger partial charge in [-0.1, -0.05) is 30.3 Å². The highest BCUT2D eigenvalue weighted by molar-refractivity contribution is 5.83. The quantitative estimate of drug-likeness (QED) is 0.809. The number of hydrogen-bond acceptors (Lipinski definition) is 3. The predicted molar refractivity (Wildman–Crippen MR) is 82.5 cm³/mol. The zero-order chi connectivity index (χ0) is 15.9. The molecule has 1 aromatic rings. The van der Waals surface area contributed by atoms with E-state index in [1.54, 1.807) is 0 Å². The van der Waals surface area contributed by atoms with Crippen LogP contribution in [0.5, 0.6) is 0 Å². The van der Waals surface area contributed by atoms with Gasteiger partial charge >= 0.3 is 5.97 Å². The van der Waals surface area contributed by atoms with E-state index in [0.717, 1.165) is 18.4 Å². The van der Waals surface area contributed by atoms with Gasteiger partial charge < -0.3 is 15.2 Å². The maximum absolute atomic E-state index is 12.0. The summed E-state index contributed by atoms with van der Waals surface area (Å²) in [5.41, 5.74) is 0.892. The number of amides is 1. The summed E-state index contributed by atoms with van der Waals surface area (Å²) in [4.78, 5) is 23.3. The minimum atomic E-state index is -1.01. The van der Waals surface area contributed by atoms with Gasteiger partial charge in [-0.3, -0.25) is 4.79 Å². The zero-order valence-corrected chi connectivity index (χ0v) is 12.8. The van der Waals surface area contributed by atoms with Crippen LogP contribution in [0.4, 0.5) is 0 Å². The Kier molecular flexibility index (Phi) is 5.95. The summed E-state index contributed by atoms with van der Waals surface area (Å²) < 4.78 is 5.66. The van der Waals surface area contributed by atoms with Gasteiger partial charge in [0.15, 0.2) is 0 Å². The minimum Gasteiger partial charge on any atom is -0.480 e. The average molecular weight is 305 g/mol. The van der Waals surface area contributed by atoms with Crippen LogP contribution in [0.1, 0.15) is 38.2 Å². The number of hydrogen-bond donors (Lipinski definition) is 2. The molecule has 3 atom stereocenters. The summed E-state index contributed by atoms with van der Waals surface area (Å²) in [6.45, 7) is 2.03. The average Bonchev–Trinajstić information content (AvgIpc) is 2.91. The lowest BCUT2D eigenvalue weighted by Crippen LogP contribution is -2.42. The van der Waals surface area contributed by atoms with E-state index in [2.05, 4.69) is 5.32 Å². The smallest absolute Gasteiger partial charge is 0.326 e. The Balaban J connectivity index is 1.80. The fourth-order valence-electron chi connectivity index (χ4n) is 2.71. The lowest BCUT2D eigenvalue weighted by atomic mass is 10.1. The van der Waals surface area contributed by atoms with Crippen LogP contribution in [-0.2, 0) is 20.7 Å². The maximum atomic E-state index is 12.0. The van der Waals surface area contributed by atoms with Crippen LogP contribution < -0.4 is 5.32 Å². The zero-order valence-electron chi connectivity index (χ0n) is 12.8. The molecule has 1 fully saturated rings. The Labute approximate surface area is 130 Å². The molecule has 120 valence electrons. The first-order chi connectivity index (χ1) is 10.5. The van der Waals surface area contributed by atoms with E-state index in [1.807, 2.05) is 37.3 Å². The summed E-state index contributed by atoms with van der Waals surface area (Å²) in [6.07, 6.45) is 3.62. The molecular formula is C17H23NO4. The van der Waals surface area contributed by atoms with Gasteiger partial charge in [0.05, 0.1) is 12.2 Å². The lowest BCUT2D eigenvalue weighted by molar-refractivity contribution is -0.141. The van der Waals surface area contributed by atoms with E-state index in [0.29, 0.717) is 19.3 Å². The summed E-state index contributed by atoms with van der Waals surface area (Å²) in [6, 6.07) is 8.41. The number of carboxylic acids is 1. The molecule has 5 nitrogen and oxygen atoms in total. The maximum Gasteiger partial charge on any atom is 0.326 e. The number of benzene rings is 1. The van der Waals surface area contributed by atoms with E-state index < -0.39 is 12.0 Å². The van der Waals surface area contributed by atoms with Gasteiger partial charge in [0.25, 0.3) is 0 Å². The fraction of sp³-hybridized carbons (Fsp3) is 0.529. The molecule has 1 amide bonds. The van der Waals surface area contributed by atoms with Crippen LogP contribution in [-0.4, -0.2) is 35.2 Å². The number of ether oxygens (including phenoxy) is 1. The Morgan fingerprint density at radius 1 is 1.32 bits per heavy atom. The molecular weight excluding hydrogens is 282 g/mol. The summed E-state index contributed by atoms with van der Waals surface area (Å²) in [5.74, 6) is -1.24. The van der Waals surface area contributed by atoms with Crippen LogP contribution in [0.15, 0.2) is 30.3 Å². The Morgan fingerprint density at radius 3 is 2.64 bits per heavy atom. The molecule has 22 heavy (non-hydrogen) atoms. The molecule has 0 radical (unpaired) electrons. The van der Waals surface area contributed by atoms with Gasteiger partial charge in [-0.15, -0.1) is 0 Å². The van der Waals surface area contributed by atoms with Crippen molar-refractivity contribution in [1.29, 1.82) is 0 Å². The lowest BCUT2D eigenvalue weighted by Gasteiger charge is -2.16. The van der Waals surface area contributed by atoms with Crippen molar-refractivity contribution in [2.24, 2.45) is 0 Å². The van der Waals surface area contributed by atoms with Crippen molar-refractivity contribution < 1.29 is 19.4 Å². The molecule has 1 aliphatic rings. The number of nitrogens with one attached hydrogen (secondary N) is 1.